The van der Waals surface area contributed by atoms with Crippen LogP contribution in [0.5, 0.6) is 17.4 Å². The van der Waals surface area contributed by atoms with E-state index in [0.29, 0.717) is 34.8 Å². The van der Waals surface area contributed by atoms with Crippen molar-refractivity contribution in [2.45, 2.75) is 77.2 Å². The van der Waals surface area contributed by atoms with Gasteiger partial charge in [-0.1, -0.05) is 91.7 Å². The summed E-state index contributed by atoms with van der Waals surface area (Å²) < 4.78 is 54.3. The van der Waals surface area contributed by atoms with Gasteiger partial charge in [0, 0.05) is 31.2 Å². The summed E-state index contributed by atoms with van der Waals surface area (Å²) in [7, 11) is 1.57. The number of imidazole rings is 1. The fraction of sp³-hybridized carbons (Fsp3) is 0.396. The van der Waals surface area contributed by atoms with Crippen molar-refractivity contribution in [3.8, 4) is 17.4 Å². The number of fused-ring (bicyclic) bond motifs is 1. The minimum Gasteiger partial charge on any atom is -0.497 e. The molecule has 0 spiro atoms. The summed E-state index contributed by atoms with van der Waals surface area (Å²) in [6, 6.07) is 25.8. The highest BCUT2D eigenvalue weighted by atomic mass is 32.2. The molecule has 66 heavy (non-hydrogen) atoms. The smallest absolute Gasteiger partial charge is 0.414 e. The number of amides is 1. The summed E-state index contributed by atoms with van der Waals surface area (Å²) in [5.41, 5.74) is 2.08. The van der Waals surface area contributed by atoms with E-state index in [9.17, 15) is 9.59 Å². The van der Waals surface area contributed by atoms with Crippen molar-refractivity contribution in [3.63, 3.8) is 0 Å². The van der Waals surface area contributed by atoms with Gasteiger partial charge in [0.05, 0.1) is 39.9 Å². The van der Waals surface area contributed by atoms with E-state index in [4.69, 9.17) is 42.5 Å². The molecule has 1 fully saturated rings. The average molecular weight is 943 g/mol. The third kappa shape index (κ3) is 12.1. The van der Waals surface area contributed by atoms with Crippen molar-refractivity contribution >= 4 is 48.6 Å². The molecule has 3 heterocycles. The molecule has 16 nitrogen and oxygen atoms in total. The van der Waals surface area contributed by atoms with Crippen molar-refractivity contribution in [2.24, 2.45) is 0 Å². The van der Waals surface area contributed by atoms with Crippen LogP contribution in [0, 0.1) is 0 Å². The van der Waals surface area contributed by atoms with E-state index in [2.05, 4.69) is 60.8 Å². The number of nitrogens with zero attached hydrogens (tertiary/aromatic N) is 5. The van der Waals surface area contributed by atoms with Gasteiger partial charge in [0.1, 0.15) is 42.6 Å². The van der Waals surface area contributed by atoms with Crippen LogP contribution < -0.4 is 19.5 Å². The number of benzene rings is 3. The molecule has 1 saturated heterocycles. The van der Waals surface area contributed by atoms with E-state index in [1.807, 2.05) is 78.9 Å². The Bertz CT molecular complexity index is 2310. The van der Waals surface area contributed by atoms with Gasteiger partial charge in [-0.3, -0.25) is 14.7 Å². The van der Waals surface area contributed by atoms with E-state index in [1.165, 1.54) is 17.8 Å². The number of methoxy groups -OCH3 is 2. The molecule has 1 aliphatic heterocycles. The first kappa shape index (κ1) is 50.0. The van der Waals surface area contributed by atoms with E-state index in [-0.39, 0.29) is 55.5 Å². The lowest BCUT2D eigenvalue weighted by molar-refractivity contribution is -0.109. The summed E-state index contributed by atoms with van der Waals surface area (Å²) in [5, 5.41) is 2.59. The Labute approximate surface area is 391 Å². The van der Waals surface area contributed by atoms with Gasteiger partial charge in [-0.05, 0) is 68.7 Å². The van der Waals surface area contributed by atoms with E-state index >= 15 is 0 Å². The van der Waals surface area contributed by atoms with Gasteiger partial charge in [-0.15, -0.1) is 0 Å². The van der Waals surface area contributed by atoms with Crippen molar-refractivity contribution in [1.29, 1.82) is 0 Å². The molecule has 1 N–H and O–H groups in total. The molecule has 0 radical (unpaired) electrons. The van der Waals surface area contributed by atoms with Crippen molar-refractivity contribution < 1.29 is 47.1 Å². The first-order valence-corrected chi connectivity index (χ1v) is 23.7. The summed E-state index contributed by atoms with van der Waals surface area (Å²) in [4.78, 5) is 38.3. The molecular formula is C48H59N6O10PS. The lowest BCUT2D eigenvalue weighted by atomic mass is 9.80. The summed E-state index contributed by atoms with van der Waals surface area (Å²) in [6.07, 6.45) is 2.16. The van der Waals surface area contributed by atoms with Gasteiger partial charge in [-0.25, -0.2) is 14.4 Å². The van der Waals surface area contributed by atoms with E-state index in [1.54, 1.807) is 38.1 Å². The van der Waals surface area contributed by atoms with Gasteiger partial charge < -0.3 is 37.5 Å². The number of hydrogen-bond acceptors (Lipinski definition) is 15. The van der Waals surface area contributed by atoms with Crippen LogP contribution in [0.3, 0.4) is 0 Å². The van der Waals surface area contributed by atoms with Crippen LogP contribution in [0.25, 0.3) is 11.2 Å². The molecule has 3 aromatic carbocycles. The van der Waals surface area contributed by atoms with Crippen molar-refractivity contribution in [1.82, 2.24) is 24.2 Å². The number of hydrogen-bond donors (Lipinski definition) is 1. The Morgan fingerprint density at radius 3 is 2.12 bits per heavy atom. The molecule has 0 aliphatic carbocycles. The van der Waals surface area contributed by atoms with Crippen LogP contribution in [0.15, 0.2) is 111 Å². The maximum absolute atomic E-state index is 12.7. The summed E-state index contributed by atoms with van der Waals surface area (Å²) in [6.45, 7) is 17.7. The number of ether oxygens (including phenoxy) is 6. The van der Waals surface area contributed by atoms with Crippen LogP contribution in [0.1, 0.15) is 64.0 Å². The first-order valence-electron chi connectivity index (χ1n) is 21.6. The number of carbonyl (C=O) groups excluding carboxylic acids is 2. The van der Waals surface area contributed by atoms with Gasteiger partial charge in [0.2, 0.25) is 11.8 Å². The van der Waals surface area contributed by atoms with Gasteiger partial charge >= 0.3 is 6.09 Å². The number of anilines is 1. The molecule has 18 heteroatoms. The zero-order valence-electron chi connectivity index (χ0n) is 38.5. The Balaban J connectivity index is 1.45. The van der Waals surface area contributed by atoms with Crippen LogP contribution >= 0.6 is 20.3 Å². The van der Waals surface area contributed by atoms with Gasteiger partial charge in [0.15, 0.2) is 16.3 Å². The van der Waals surface area contributed by atoms with Crippen molar-refractivity contribution in [3.05, 3.63) is 127 Å². The second-order valence-electron chi connectivity index (χ2n) is 15.6. The number of carbonyl (C=O) groups is 2. The Hall–Kier alpha value is -5.39. The predicted octanol–water partition coefficient (Wildman–Crippen LogP) is 9.47. The highest BCUT2D eigenvalue weighted by Crippen LogP contribution is 2.51. The third-order valence-electron chi connectivity index (χ3n) is 10.5. The molecule has 2 aromatic heterocycles. The number of aromatic nitrogens is 4. The van der Waals surface area contributed by atoms with Crippen LogP contribution in [-0.4, -0.2) is 106 Å². The topological polar surface area (TPSA) is 167 Å². The number of rotatable bonds is 24. The van der Waals surface area contributed by atoms with E-state index < -0.39 is 38.7 Å². The molecule has 0 saturated carbocycles. The van der Waals surface area contributed by atoms with Crippen LogP contribution in [-0.2, 0) is 33.7 Å². The largest absolute Gasteiger partial charge is 0.497 e. The fourth-order valence-corrected chi connectivity index (χ4v) is 9.95. The standard InChI is InChI=1S/C48H59N6O10PS/c1-10-25-59-45-43-44(50-46(51-45)52-47(56)60-26-11-2)53(31-49-43)42-29-40(64-65(54(32(3)4)33(5)6)62-27-28-66-34(7)55)41(63-42)30-61-48(35-15-13-12-14-16-35,36-17-21-38(57-8)22-18-36)37-19-23-39(58-9)24-20-37/h10-24,31-33,40-42H,1-2,25-30H2,3-9H3,(H,50,51,52,56)/t40-,41+,42+,65?/m0/s1. The molecule has 1 unspecified atom stereocenters. The molecule has 1 amide bonds. The Kier molecular flexibility index (Phi) is 18.1. The second kappa shape index (κ2) is 23.9. The molecular weight excluding hydrogens is 884 g/mol. The molecule has 6 rings (SSSR count). The SMILES string of the molecule is C=CCOC(=O)Nc1nc(OCC=C)c2ncn([C@H]3C[C@H](OP(OCCSC(C)=O)N(C(C)C)C(C)C)[C@@H](COC(c4ccccc4)(c4ccc(OC)cc4)c4ccc(OC)cc4)O3)c2n1. The third-order valence-corrected chi connectivity index (χ3v) is 13.4. The molecule has 5 aromatic rings. The summed E-state index contributed by atoms with van der Waals surface area (Å²) in [5.74, 6) is 1.92. The van der Waals surface area contributed by atoms with Crippen LogP contribution in [0.2, 0.25) is 0 Å². The first-order chi connectivity index (χ1) is 31.9. The quantitative estimate of drug-likeness (QED) is 0.0269. The molecule has 0 bridgehead atoms. The number of nitrogens with one attached hydrogen (secondary N) is 1. The fourth-order valence-electron chi connectivity index (χ4n) is 7.61. The Morgan fingerprint density at radius 2 is 1.55 bits per heavy atom. The monoisotopic (exact) mass is 942 g/mol. The summed E-state index contributed by atoms with van der Waals surface area (Å²) >= 11 is 1.20. The minimum atomic E-state index is -1.70. The maximum Gasteiger partial charge on any atom is 0.414 e. The zero-order chi connectivity index (χ0) is 47.2. The zero-order valence-corrected chi connectivity index (χ0v) is 40.2. The van der Waals surface area contributed by atoms with Gasteiger partial charge in [0.25, 0.3) is 8.53 Å². The highest BCUT2D eigenvalue weighted by molar-refractivity contribution is 8.13. The molecule has 352 valence electrons. The van der Waals surface area contributed by atoms with Crippen molar-refractivity contribution in [2.75, 3.05) is 51.7 Å². The number of thioether (sulfide) groups is 1. The minimum absolute atomic E-state index is 0.00900. The normalized spacial score (nSPS) is 16.7. The predicted molar refractivity (Wildman–Crippen MR) is 256 cm³/mol. The maximum atomic E-state index is 12.7. The lowest BCUT2D eigenvalue weighted by Crippen LogP contribution is -2.39. The van der Waals surface area contributed by atoms with Crippen LogP contribution in [0.4, 0.5) is 10.7 Å². The van der Waals surface area contributed by atoms with Gasteiger partial charge in [-0.2, -0.15) is 9.97 Å². The molecule has 4 atom stereocenters. The second-order valence-corrected chi connectivity index (χ2v) is 18.3. The lowest BCUT2D eigenvalue weighted by Gasteiger charge is -2.39. The highest BCUT2D eigenvalue weighted by Gasteiger charge is 2.45. The Morgan fingerprint density at radius 1 is 0.924 bits per heavy atom. The molecule has 1 aliphatic rings. The average Bonchev–Trinajstić information content (AvgIpc) is 3.93. The van der Waals surface area contributed by atoms with E-state index in [0.717, 1.165) is 16.7 Å².